The predicted molar refractivity (Wildman–Crippen MR) is 158 cm³/mol. The number of carbonyl (C=O) groups is 2. The molecule has 0 unspecified atom stereocenters. The zero-order valence-electron chi connectivity index (χ0n) is 20.6. The van der Waals surface area contributed by atoms with Crippen molar-refractivity contribution in [1.82, 2.24) is 10.2 Å². The summed E-state index contributed by atoms with van der Waals surface area (Å²) in [6.45, 7) is 3.77. The van der Waals surface area contributed by atoms with E-state index in [9.17, 15) is 18.0 Å². The number of carbonyl (C=O) groups excluding carboxylic acids is 2. The fourth-order valence-electron chi connectivity index (χ4n) is 3.67. The molecule has 3 aromatic carbocycles. The minimum Gasteiger partial charge on any atom is -0.354 e. The molecule has 3 rings (SSSR count). The monoisotopic (exact) mass is 697 g/mol. The summed E-state index contributed by atoms with van der Waals surface area (Å²) < 4.78 is 30.3. The number of hydrogen-bond donors (Lipinski definition) is 1. The number of anilines is 1. The zero-order valence-corrected chi connectivity index (χ0v) is 25.2. The number of hydrogen-bond acceptors (Lipinski definition) is 4. The van der Waals surface area contributed by atoms with Crippen molar-refractivity contribution in [3.8, 4) is 0 Å². The van der Waals surface area contributed by atoms with Crippen molar-refractivity contribution >= 4 is 66.0 Å². The van der Waals surface area contributed by atoms with Crippen LogP contribution in [0.4, 0.5) is 5.69 Å². The Labute approximate surface area is 240 Å². The van der Waals surface area contributed by atoms with Crippen LogP contribution < -0.4 is 9.62 Å². The fraction of sp³-hybridized carbons (Fsp3) is 0.259. The minimum atomic E-state index is -4.06. The first kappa shape index (κ1) is 29.1. The van der Waals surface area contributed by atoms with Gasteiger partial charge in [0.15, 0.2) is 0 Å². The van der Waals surface area contributed by atoms with Crippen molar-refractivity contribution in [2.75, 3.05) is 17.4 Å². The predicted octanol–water partition coefficient (Wildman–Crippen LogP) is 5.19. The lowest BCUT2D eigenvalue weighted by molar-refractivity contribution is -0.139. The molecule has 0 saturated heterocycles. The second-order valence-corrected chi connectivity index (χ2v) is 12.4. The molecule has 7 nitrogen and oxygen atoms in total. The van der Waals surface area contributed by atoms with E-state index in [1.165, 1.54) is 17.0 Å². The first-order valence-corrected chi connectivity index (χ1v) is 15.1. The van der Waals surface area contributed by atoms with Gasteiger partial charge in [0, 0.05) is 21.1 Å². The normalized spacial score (nSPS) is 12.0. The van der Waals surface area contributed by atoms with Crippen LogP contribution in [0.1, 0.15) is 25.8 Å². The number of amides is 2. The molecule has 0 heterocycles. The van der Waals surface area contributed by atoms with Crippen molar-refractivity contribution in [1.29, 1.82) is 0 Å². The molecule has 1 atom stereocenters. The molecule has 1 N–H and O–H groups in total. The van der Waals surface area contributed by atoms with E-state index in [0.717, 1.165) is 24.3 Å². The second-order valence-electron chi connectivity index (χ2n) is 8.42. The Hall–Kier alpha value is -2.44. The summed E-state index contributed by atoms with van der Waals surface area (Å²) in [7, 11) is -4.06. The third-order valence-corrected chi connectivity index (χ3v) is 8.68. The van der Waals surface area contributed by atoms with Gasteiger partial charge in [0.25, 0.3) is 10.0 Å². The highest BCUT2D eigenvalue weighted by molar-refractivity contribution is 14.1. The summed E-state index contributed by atoms with van der Waals surface area (Å²) in [4.78, 5) is 28.2. The van der Waals surface area contributed by atoms with Gasteiger partial charge < -0.3 is 10.2 Å². The highest BCUT2D eigenvalue weighted by Crippen LogP contribution is 2.25. The molecular weight excluding hydrogens is 669 g/mol. The molecule has 0 spiro atoms. The van der Waals surface area contributed by atoms with Gasteiger partial charge >= 0.3 is 0 Å². The third-order valence-electron chi connectivity index (χ3n) is 5.68. The van der Waals surface area contributed by atoms with Crippen LogP contribution >= 0.6 is 38.5 Å². The summed E-state index contributed by atoms with van der Waals surface area (Å²) in [5, 5.41) is 2.84. The topological polar surface area (TPSA) is 86.8 Å². The number of benzene rings is 3. The summed E-state index contributed by atoms with van der Waals surface area (Å²) in [6.07, 6.45) is 0.758. The van der Waals surface area contributed by atoms with E-state index in [1.807, 2.05) is 31.2 Å². The van der Waals surface area contributed by atoms with Crippen molar-refractivity contribution in [2.45, 2.75) is 37.8 Å². The van der Waals surface area contributed by atoms with Gasteiger partial charge in [-0.05, 0) is 90.0 Å². The number of rotatable bonds is 11. The molecule has 0 saturated carbocycles. The maximum absolute atomic E-state index is 13.8. The highest BCUT2D eigenvalue weighted by Gasteiger charge is 2.32. The Morgan fingerprint density at radius 3 is 2.30 bits per heavy atom. The molecule has 0 aromatic heterocycles. The van der Waals surface area contributed by atoms with Crippen LogP contribution in [0, 0.1) is 3.57 Å². The minimum absolute atomic E-state index is 0.0774. The quantitative estimate of drug-likeness (QED) is 0.280. The molecule has 0 aliphatic carbocycles. The van der Waals surface area contributed by atoms with E-state index in [2.05, 4.69) is 43.8 Å². The highest BCUT2D eigenvalue weighted by atomic mass is 127. The average Bonchev–Trinajstić information content (AvgIpc) is 2.89. The lowest BCUT2D eigenvalue weighted by Gasteiger charge is -2.32. The van der Waals surface area contributed by atoms with Crippen LogP contribution in [0.15, 0.2) is 88.2 Å². The van der Waals surface area contributed by atoms with E-state index in [-0.39, 0.29) is 17.3 Å². The number of nitrogens with zero attached hydrogens (tertiary/aromatic N) is 2. The molecule has 37 heavy (non-hydrogen) atoms. The Balaban J connectivity index is 2.00. The van der Waals surface area contributed by atoms with Crippen LogP contribution in [0.2, 0.25) is 0 Å². The van der Waals surface area contributed by atoms with Crippen LogP contribution in [-0.4, -0.2) is 44.3 Å². The fourth-order valence-corrected chi connectivity index (χ4v) is 5.91. The van der Waals surface area contributed by atoms with Gasteiger partial charge in [0.2, 0.25) is 11.8 Å². The maximum Gasteiger partial charge on any atom is 0.264 e. The van der Waals surface area contributed by atoms with Crippen LogP contribution in [0.5, 0.6) is 0 Å². The summed E-state index contributed by atoms with van der Waals surface area (Å²) in [6, 6.07) is 21.6. The lowest BCUT2D eigenvalue weighted by atomic mass is 10.1. The number of sulfonamides is 1. The Kier molecular flexibility index (Phi) is 10.5. The van der Waals surface area contributed by atoms with Crippen LogP contribution in [0.25, 0.3) is 0 Å². The molecule has 196 valence electrons. The van der Waals surface area contributed by atoms with Crippen molar-refractivity contribution in [3.05, 3.63) is 92.5 Å². The van der Waals surface area contributed by atoms with Gasteiger partial charge in [-0.15, -0.1) is 0 Å². The molecule has 0 fully saturated rings. The smallest absolute Gasteiger partial charge is 0.264 e. The van der Waals surface area contributed by atoms with Crippen LogP contribution in [-0.2, 0) is 26.2 Å². The Bertz CT molecular complexity index is 1320. The Morgan fingerprint density at radius 2 is 1.68 bits per heavy atom. The summed E-state index contributed by atoms with van der Waals surface area (Å²) in [5.74, 6) is -0.783. The van der Waals surface area contributed by atoms with E-state index >= 15 is 0 Å². The SMILES string of the molecule is CCCNC(=O)[C@H](C)N(Cc1cccc(Br)c1)C(=O)CN(c1ccc(I)cc1)S(=O)(=O)c1ccccc1. The van der Waals surface area contributed by atoms with Crippen molar-refractivity contribution < 1.29 is 18.0 Å². The second kappa shape index (κ2) is 13.4. The zero-order chi connectivity index (χ0) is 27.0. The van der Waals surface area contributed by atoms with Gasteiger partial charge in [-0.25, -0.2) is 8.42 Å². The van der Waals surface area contributed by atoms with Gasteiger partial charge in [-0.1, -0.05) is 53.2 Å². The first-order valence-electron chi connectivity index (χ1n) is 11.8. The van der Waals surface area contributed by atoms with Crippen LogP contribution in [0.3, 0.4) is 0 Å². The lowest BCUT2D eigenvalue weighted by Crippen LogP contribution is -2.51. The Morgan fingerprint density at radius 1 is 1.00 bits per heavy atom. The van der Waals surface area contributed by atoms with Gasteiger partial charge in [0.05, 0.1) is 10.6 Å². The standard InChI is InChI=1S/C27H29BrIN3O4S/c1-3-16-30-27(34)20(2)31(18-21-8-7-9-22(28)17-21)26(33)19-32(24-14-12-23(29)13-15-24)37(35,36)25-10-5-4-6-11-25/h4-15,17,20H,3,16,18-19H2,1-2H3,(H,30,34)/t20-/m0/s1. The molecule has 3 aromatic rings. The number of halogens is 2. The average molecular weight is 698 g/mol. The molecule has 10 heteroatoms. The molecular formula is C27H29BrIN3O4S. The van der Waals surface area contributed by atoms with Gasteiger partial charge in [-0.2, -0.15) is 0 Å². The third kappa shape index (κ3) is 7.78. The summed E-state index contributed by atoms with van der Waals surface area (Å²) >= 11 is 5.59. The van der Waals surface area contributed by atoms with Crippen molar-refractivity contribution in [3.63, 3.8) is 0 Å². The molecule has 0 bridgehead atoms. The van der Waals surface area contributed by atoms with Gasteiger partial charge in [0.1, 0.15) is 12.6 Å². The number of nitrogens with one attached hydrogen (secondary N) is 1. The summed E-state index contributed by atoms with van der Waals surface area (Å²) in [5.41, 5.74) is 1.17. The van der Waals surface area contributed by atoms with E-state index in [0.29, 0.717) is 12.2 Å². The molecule has 2 amide bonds. The van der Waals surface area contributed by atoms with E-state index < -0.39 is 28.5 Å². The first-order chi connectivity index (χ1) is 17.6. The molecule has 0 aliphatic heterocycles. The largest absolute Gasteiger partial charge is 0.354 e. The van der Waals surface area contributed by atoms with E-state index in [1.54, 1.807) is 49.4 Å². The molecule has 0 aliphatic rings. The van der Waals surface area contributed by atoms with Gasteiger partial charge in [-0.3, -0.25) is 13.9 Å². The van der Waals surface area contributed by atoms with E-state index in [4.69, 9.17) is 0 Å². The maximum atomic E-state index is 13.8. The molecule has 0 radical (unpaired) electrons. The van der Waals surface area contributed by atoms with Crippen molar-refractivity contribution in [2.24, 2.45) is 0 Å².